The summed E-state index contributed by atoms with van der Waals surface area (Å²) in [5, 5.41) is 25.2. The van der Waals surface area contributed by atoms with Crippen molar-refractivity contribution in [3.05, 3.63) is 70.5 Å². The van der Waals surface area contributed by atoms with E-state index in [9.17, 15) is 0 Å². The molecule has 0 amide bonds. The first-order valence-corrected chi connectivity index (χ1v) is 15.4. The van der Waals surface area contributed by atoms with Crippen LogP contribution in [0.2, 0.25) is 5.02 Å². The van der Waals surface area contributed by atoms with E-state index in [4.69, 9.17) is 36.1 Å². The summed E-state index contributed by atoms with van der Waals surface area (Å²) in [5.74, 6) is 2.20. The van der Waals surface area contributed by atoms with Gasteiger partial charge < -0.3 is 18.8 Å². The van der Waals surface area contributed by atoms with Crippen LogP contribution in [0.3, 0.4) is 0 Å². The Hall–Kier alpha value is -4.64. The second-order valence-corrected chi connectivity index (χ2v) is 12.2. The van der Waals surface area contributed by atoms with Gasteiger partial charge in [-0.1, -0.05) is 23.7 Å². The minimum Gasteiger partial charge on any atom is -0.443 e. The number of halogens is 1. The van der Waals surface area contributed by atoms with Gasteiger partial charge in [-0.3, -0.25) is 15.0 Å². The van der Waals surface area contributed by atoms with Gasteiger partial charge in [0.1, 0.15) is 28.8 Å². The Bertz CT molecular complexity index is 1920. The van der Waals surface area contributed by atoms with Gasteiger partial charge in [-0.15, -0.1) is 15.3 Å². The zero-order chi connectivity index (χ0) is 30.5. The van der Waals surface area contributed by atoms with E-state index in [1.54, 1.807) is 12.3 Å². The summed E-state index contributed by atoms with van der Waals surface area (Å²) >= 11 is 6.06. The summed E-state index contributed by atoms with van der Waals surface area (Å²) in [6, 6.07) is 13.5. The van der Waals surface area contributed by atoms with E-state index >= 15 is 0 Å². The highest BCUT2D eigenvalue weighted by atomic mass is 35.5. The fourth-order valence-corrected chi connectivity index (χ4v) is 6.39. The van der Waals surface area contributed by atoms with Crippen molar-refractivity contribution in [2.45, 2.75) is 57.1 Å². The van der Waals surface area contributed by atoms with Gasteiger partial charge in [0.25, 0.3) is 11.6 Å². The normalized spacial score (nSPS) is 21.6. The molecule has 2 saturated heterocycles. The van der Waals surface area contributed by atoms with E-state index in [0.29, 0.717) is 52.4 Å². The van der Waals surface area contributed by atoms with Crippen molar-refractivity contribution in [2.75, 3.05) is 19.7 Å². The molecule has 8 rings (SSSR count). The average molecular weight is 625 g/mol. The quantitative estimate of drug-likeness (QED) is 0.275. The Morgan fingerprint density at radius 2 is 1.98 bits per heavy atom. The summed E-state index contributed by atoms with van der Waals surface area (Å²) in [7, 11) is 0. The van der Waals surface area contributed by atoms with Crippen molar-refractivity contribution >= 4 is 22.8 Å². The molecule has 1 N–H and O–H groups in total. The van der Waals surface area contributed by atoms with Crippen molar-refractivity contribution in [2.24, 2.45) is 0 Å². The molecule has 2 fully saturated rings. The van der Waals surface area contributed by atoms with Crippen LogP contribution in [0.25, 0.3) is 22.7 Å². The van der Waals surface area contributed by atoms with Gasteiger partial charge in [0.15, 0.2) is 23.0 Å². The number of hydrogen-bond donors (Lipinski definition) is 1. The number of aromatic amines is 1. The van der Waals surface area contributed by atoms with Crippen LogP contribution in [0.4, 0.5) is 0 Å². The van der Waals surface area contributed by atoms with Crippen LogP contribution >= 0.6 is 11.6 Å². The Morgan fingerprint density at radius 3 is 2.71 bits per heavy atom. The molecule has 2 unspecified atom stereocenters. The molecule has 14 heteroatoms. The molecular weight excluding hydrogens is 596 g/mol. The number of likely N-dealkylation sites (tertiary alicyclic amines) is 1. The van der Waals surface area contributed by atoms with Crippen LogP contribution in [0, 0.1) is 11.3 Å². The summed E-state index contributed by atoms with van der Waals surface area (Å²) in [4.78, 5) is 16.0. The number of aromatic nitrogens is 8. The molecule has 0 bridgehead atoms. The van der Waals surface area contributed by atoms with E-state index in [-0.39, 0.29) is 11.9 Å². The minimum absolute atomic E-state index is 0.0516. The molecule has 228 valence electrons. The zero-order valence-electron chi connectivity index (χ0n) is 24.5. The standard InChI is InChI=1S/C31H29ClN10O3/c1-31(25-6-5-19(32)15-34-25)44-24-4-2-3-21(28(24)45-31)18-7-10-41(11-8-18)17-27-35-23-13-22(29-36-26(14-33)38-39-29)37-40-30(23)42(27)16-20-9-12-43-20/h2-6,13,15,18,20H,7-12,16-17H2,1H3,(H,36,38,39). The molecule has 4 aromatic heterocycles. The Morgan fingerprint density at radius 1 is 1.11 bits per heavy atom. The molecule has 2 atom stereocenters. The molecule has 13 nitrogen and oxygen atoms in total. The summed E-state index contributed by atoms with van der Waals surface area (Å²) < 4.78 is 20.6. The molecule has 0 aliphatic carbocycles. The number of rotatable bonds is 7. The van der Waals surface area contributed by atoms with E-state index in [1.807, 2.05) is 37.3 Å². The number of imidazole rings is 1. The number of ether oxygens (including phenoxy) is 3. The van der Waals surface area contributed by atoms with Crippen molar-refractivity contribution < 1.29 is 14.2 Å². The number of nitrogens with zero attached hydrogens (tertiary/aromatic N) is 9. The van der Waals surface area contributed by atoms with Gasteiger partial charge in [-0.25, -0.2) is 4.98 Å². The van der Waals surface area contributed by atoms with Crippen molar-refractivity contribution in [3.63, 3.8) is 0 Å². The van der Waals surface area contributed by atoms with Crippen molar-refractivity contribution in [3.8, 4) is 29.1 Å². The van der Waals surface area contributed by atoms with Crippen LogP contribution in [0.1, 0.15) is 55.0 Å². The SMILES string of the molecule is CC1(c2ccc(Cl)cn2)Oc2cccc(C3CCN(Cc4nc5cc(-c6nc(C#N)n[nH]6)nnc5n4CC4CCO4)CC3)c2O1. The molecule has 0 saturated carbocycles. The highest BCUT2D eigenvalue weighted by Gasteiger charge is 2.42. The van der Waals surface area contributed by atoms with Crippen LogP contribution in [0.5, 0.6) is 11.5 Å². The number of H-pyrrole nitrogens is 1. The molecule has 45 heavy (non-hydrogen) atoms. The first-order chi connectivity index (χ1) is 22.0. The molecule has 1 aromatic carbocycles. The predicted molar refractivity (Wildman–Crippen MR) is 161 cm³/mol. The van der Waals surface area contributed by atoms with Gasteiger partial charge in [0, 0.05) is 25.3 Å². The van der Waals surface area contributed by atoms with E-state index in [1.165, 1.54) is 0 Å². The van der Waals surface area contributed by atoms with E-state index < -0.39 is 5.79 Å². The molecule has 5 aromatic rings. The third kappa shape index (κ3) is 5.14. The largest absolute Gasteiger partial charge is 0.443 e. The summed E-state index contributed by atoms with van der Waals surface area (Å²) in [6.07, 6.45) is 4.69. The van der Waals surface area contributed by atoms with Gasteiger partial charge in [0.2, 0.25) is 0 Å². The lowest BCUT2D eigenvalue weighted by atomic mass is 9.88. The smallest absolute Gasteiger partial charge is 0.292 e. The number of benzene rings is 1. The van der Waals surface area contributed by atoms with Crippen LogP contribution in [-0.4, -0.2) is 70.6 Å². The van der Waals surface area contributed by atoms with E-state index in [0.717, 1.165) is 61.8 Å². The number of nitriles is 1. The highest BCUT2D eigenvalue weighted by molar-refractivity contribution is 6.30. The number of hydrogen-bond acceptors (Lipinski definition) is 11. The molecule has 3 aliphatic heterocycles. The second-order valence-electron chi connectivity index (χ2n) is 11.7. The third-order valence-electron chi connectivity index (χ3n) is 8.78. The average Bonchev–Trinajstić information content (AvgIpc) is 3.74. The topological polar surface area (TPSA) is 153 Å². The number of pyridine rings is 1. The summed E-state index contributed by atoms with van der Waals surface area (Å²) in [6.45, 7) is 5.82. The maximum Gasteiger partial charge on any atom is 0.292 e. The molecular formula is C31H29ClN10O3. The zero-order valence-corrected chi connectivity index (χ0v) is 25.2. The number of piperidine rings is 1. The number of para-hydroxylation sites is 1. The Labute approximate surface area is 263 Å². The Kier molecular flexibility index (Phi) is 6.85. The molecule has 0 spiro atoms. The number of nitrogens with one attached hydrogen (secondary N) is 1. The van der Waals surface area contributed by atoms with Gasteiger partial charge in [-0.05, 0) is 62.5 Å². The van der Waals surface area contributed by atoms with Gasteiger partial charge >= 0.3 is 0 Å². The minimum atomic E-state index is -1.01. The molecule has 3 aliphatic rings. The number of fused-ring (bicyclic) bond motifs is 2. The monoisotopic (exact) mass is 624 g/mol. The highest BCUT2D eigenvalue weighted by Crippen LogP contribution is 2.49. The maximum absolute atomic E-state index is 9.09. The van der Waals surface area contributed by atoms with Crippen LogP contribution < -0.4 is 9.47 Å². The van der Waals surface area contributed by atoms with Crippen LogP contribution in [-0.2, 0) is 23.6 Å². The maximum atomic E-state index is 9.09. The third-order valence-corrected chi connectivity index (χ3v) is 9.00. The van der Waals surface area contributed by atoms with Crippen LogP contribution in [0.15, 0.2) is 42.6 Å². The van der Waals surface area contributed by atoms with Gasteiger partial charge in [0.05, 0.1) is 24.2 Å². The fourth-order valence-electron chi connectivity index (χ4n) is 6.28. The first-order valence-electron chi connectivity index (χ1n) is 15.0. The second kappa shape index (κ2) is 11.1. The molecule has 7 heterocycles. The van der Waals surface area contributed by atoms with E-state index in [2.05, 4.69) is 45.9 Å². The lowest BCUT2D eigenvalue weighted by Gasteiger charge is -2.33. The Balaban J connectivity index is 0.997. The summed E-state index contributed by atoms with van der Waals surface area (Å²) in [5.41, 5.74) is 3.74. The fraction of sp³-hybridized carbons (Fsp3) is 0.387. The lowest BCUT2D eigenvalue weighted by molar-refractivity contribution is -0.0722. The van der Waals surface area contributed by atoms with Crippen molar-refractivity contribution in [1.82, 2.24) is 44.8 Å². The lowest BCUT2D eigenvalue weighted by Crippen LogP contribution is -2.35. The first kappa shape index (κ1) is 27.9. The predicted octanol–water partition coefficient (Wildman–Crippen LogP) is 4.34. The van der Waals surface area contributed by atoms with Gasteiger partial charge in [-0.2, -0.15) is 10.2 Å². The molecule has 0 radical (unpaired) electrons. The van der Waals surface area contributed by atoms with Crippen molar-refractivity contribution in [1.29, 1.82) is 5.26 Å².